The van der Waals surface area contributed by atoms with Gasteiger partial charge in [0.15, 0.2) is 9.84 Å². The largest absolute Gasteiger partial charge is 0.389 e. The first-order valence-electron chi connectivity index (χ1n) is 8.11. The van der Waals surface area contributed by atoms with Crippen LogP contribution in [0.5, 0.6) is 0 Å². The molecule has 0 radical (unpaired) electrons. The normalized spacial score (nSPS) is 18.0. The van der Waals surface area contributed by atoms with Gasteiger partial charge in [0.2, 0.25) is 0 Å². The second-order valence-electron chi connectivity index (χ2n) is 6.36. The van der Waals surface area contributed by atoms with Crippen LogP contribution < -0.4 is 0 Å². The number of sulfone groups is 1. The van der Waals surface area contributed by atoms with E-state index in [4.69, 9.17) is 0 Å². The van der Waals surface area contributed by atoms with E-state index >= 15 is 0 Å². The summed E-state index contributed by atoms with van der Waals surface area (Å²) in [5, 5.41) is 10.6. The Kier molecular flexibility index (Phi) is 6.01. The maximum atomic E-state index is 11.8. The lowest BCUT2D eigenvalue weighted by molar-refractivity contribution is 0.00870. The van der Waals surface area contributed by atoms with E-state index in [0.717, 1.165) is 31.2 Å². The molecule has 1 saturated carbocycles. The number of hydrogen-bond acceptors (Lipinski definition) is 4. The van der Waals surface area contributed by atoms with Crippen molar-refractivity contribution in [2.24, 2.45) is 0 Å². The highest BCUT2D eigenvalue weighted by Crippen LogP contribution is 2.30. The van der Waals surface area contributed by atoms with Crippen LogP contribution in [0.1, 0.15) is 38.2 Å². The van der Waals surface area contributed by atoms with Gasteiger partial charge in [-0.05, 0) is 18.4 Å². The molecule has 4 nitrogen and oxygen atoms in total. The molecule has 1 aromatic carbocycles. The first kappa shape index (κ1) is 17.4. The van der Waals surface area contributed by atoms with Crippen LogP contribution in [-0.4, -0.2) is 48.6 Å². The molecule has 0 heterocycles. The van der Waals surface area contributed by atoms with E-state index in [9.17, 15) is 13.5 Å². The van der Waals surface area contributed by atoms with Gasteiger partial charge in [-0.1, -0.05) is 50.1 Å². The van der Waals surface area contributed by atoms with Crippen molar-refractivity contribution in [2.75, 3.05) is 24.6 Å². The standard InChI is InChI=1S/C17H27NO3S/c1-2-22(20,21)13-12-18(14-16-8-4-3-5-9-16)15-17(19)10-6-7-11-17/h3-5,8-9,19H,2,6-7,10-15H2,1H3. The molecule has 0 amide bonds. The van der Waals surface area contributed by atoms with Gasteiger partial charge in [0.1, 0.15) is 0 Å². The third kappa shape index (κ3) is 5.38. The van der Waals surface area contributed by atoms with Crippen molar-refractivity contribution in [3.63, 3.8) is 0 Å². The summed E-state index contributed by atoms with van der Waals surface area (Å²) in [5.74, 6) is 0.336. The third-order valence-corrected chi connectivity index (χ3v) is 6.14. The van der Waals surface area contributed by atoms with E-state index in [1.807, 2.05) is 30.3 Å². The van der Waals surface area contributed by atoms with Crippen molar-refractivity contribution < 1.29 is 13.5 Å². The first-order valence-corrected chi connectivity index (χ1v) is 9.94. The molecular formula is C17H27NO3S. The third-order valence-electron chi connectivity index (χ3n) is 4.46. The van der Waals surface area contributed by atoms with Gasteiger partial charge in [-0.15, -0.1) is 0 Å². The highest BCUT2D eigenvalue weighted by Gasteiger charge is 2.33. The van der Waals surface area contributed by atoms with Crippen LogP contribution in [0.3, 0.4) is 0 Å². The maximum absolute atomic E-state index is 11.8. The Balaban J connectivity index is 2.02. The second-order valence-corrected chi connectivity index (χ2v) is 8.84. The van der Waals surface area contributed by atoms with Crippen LogP contribution in [0, 0.1) is 0 Å². The van der Waals surface area contributed by atoms with Gasteiger partial charge in [0.05, 0.1) is 11.4 Å². The summed E-state index contributed by atoms with van der Waals surface area (Å²) >= 11 is 0. The molecule has 0 aliphatic heterocycles. The molecule has 0 spiro atoms. The Bertz CT molecular complexity index is 551. The van der Waals surface area contributed by atoms with Crippen molar-refractivity contribution in [1.82, 2.24) is 4.90 Å². The fourth-order valence-electron chi connectivity index (χ4n) is 3.08. The molecule has 22 heavy (non-hydrogen) atoms. The first-order chi connectivity index (χ1) is 10.4. The number of rotatable bonds is 8. The van der Waals surface area contributed by atoms with E-state index in [0.29, 0.717) is 19.6 Å². The monoisotopic (exact) mass is 325 g/mol. The Labute approximate surface area is 134 Å². The molecule has 0 saturated heterocycles. The molecular weight excluding hydrogens is 298 g/mol. The highest BCUT2D eigenvalue weighted by atomic mass is 32.2. The summed E-state index contributed by atoms with van der Waals surface area (Å²) in [6, 6.07) is 10.0. The van der Waals surface area contributed by atoms with E-state index in [1.165, 1.54) is 0 Å². The lowest BCUT2D eigenvalue weighted by atomic mass is 10.0. The summed E-state index contributed by atoms with van der Waals surface area (Å²) in [5.41, 5.74) is 0.503. The average molecular weight is 325 g/mol. The van der Waals surface area contributed by atoms with Crippen LogP contribution in [0.15, 0.2) is 30.3 Å². The Morgan fingerprint density at radius 3 is 2.41 bits per heavy atom. The molecule has 5 heteroatoms. The molecule has 0 bridgehead atoms. The molecule has 1 N–H and O–H groups in total. The average Bonchev–Trinajstić information content (AvgIpc) is 2.92. The summed E-state index contributed by atoms with van der Waals surface area (Å²) in [4.78, 5) is 2.09. The van der Waals surface area contributed by atoms with E-state index in [2.05, 4.69) is 4.90 Å². The van der Waals surface area contributed by atoms with E-state index < -0.39 is 15.4 Å². The molecule has 124 valence electrons. The molecule has 0 atom stereocenters. The molecule has 1 fully saturated rings. The van der Waals surface area contributed by atoms with Crippen LogP contribution in [0.25, 0.3) is 0 Å². The summed E-state index contributed by atoms with van der Waals surface area (Å²) in [7, 11) is -2.98. The maximum Gasteiger partial charge on any atom is 0.151 e. The smallest absolute Gasteiger partial charge is 0.151 e. The SMILES string of the molecule is CCS(=O)(=O)CCN(Cc1ccccc1)CC1(O)CCCC1. The summed E-state index contributed by atoms with van der Waals surface area (Å²) in [6.07, 6.45) is 3.75. The quantitative estimate of drug-likeness (QED) is 0.796. The van der Waals surface area contributed by atoms with Gasteiger partial charge in [0, 0.05) is 25.4 Å². The van der Waals surface area contributed by atoms with Crippen molar-refractivity contribution in [3.8, 4) is 0 Å². The van der Waals surface area contributed by atoms with Gasteiger partial charge in [-0.25, -0.2) is 8.42 Å². The topological polar surface area (TPSA) is 57.6 Å². The summed E-state index contributed by atoms with van der Waals surface area (Å²) in [6.45, 7) is 3.40. The molecule has 0 unspecified atom stereocenters. The lowest BCUT2D eigenvalue weighted by Crippen LogP contribution is -2.42. The van der Waals surface area contributed by atoms with Crippen molar-refractivity contribution >= 4 is 9.84 Å². The summed E-state index contributed by atoms with van der Waals surface area (Å²) < 4.78 is 23.6. The predicted molar refractivity (Wildman–Crippen MR) is 89.5 cm³/mol. The van der Waals surface area contributed by atoms with E-state index in [-0.39, 0.29) is 11.5 Å². The van der Waals surface area contributed by atoms with Gasteiger partial charge in [-0.3, -0.25) is 4.90 Å². The van der Waals surface area contributed by atoms with Gasteiger partial charge < -0.3 is 5.11 Å². The van der Waals surface area contributed by atoms with Gasteiger partial charge >= 0.3 is 0 Å². The predicted octanol–water partition coefficient (Wildman–Crippen LogP) is 2.23. The molecule has 2 rings (SSSR count). The number of nitrogens with zero attached hydrogens (tertiary/aromatic N) is 1. The van der Waals surface area contributed by atoms with E-state index in [1.54, 1.807) is 6.92 Å². The van der Waals surface area contributed by atoms with Gasteiger partial charge in [-0.2, -0.15) is 0 Å². The highest BCUT2D eigenvalue weighted by molar-refractivity contribution is 7.91. The minimum Gasteiger partial charge on any atom is -0.389 e. The molecule has 0 aromatic heterocycles. The number of hydrogen-bond donors (Lipinski definition) is 1. The fourth-order valence-corrected chi connectivity index (χ4v) is 3.90. The zero-order valence-corrected chi connectivity index (χ0v) is 14.2. The van der Waals surface area contributed by atoms with Gasteiger partial charge in [0.25, 0.3) is 0 Å². The van der Waals surface area contributed by atoms with Crippen molar-refractivity contribution in [2.45, 2.75) is 44.8 Å². The zero-order valence-electron chi connectivity index (χ0n) is 13.4. The molecule has 1 aliphatic carbocycles. The van der Waals surface area contributed by atoms with Crippen molar-refractivity contribution in [1.29, 1.82) is 0 Å². The second kappa shape index (κ2) is 7.57. The van der Waals surface area contributed by atoms with Crippen LogP contribution >= 0.6 is 0 Å². The minimum absolute atomic E-state index is 0.159. The molecule has 1 aromatic rings. The number of aliphatic hydroxyl groups is 1. The van der Waals surface area contributed by atoms with Crippen LogP contribution in [0.2, 0.25) is 0 Å². The van der Waals surface area contributed by atoms with Crippen LogP contribution in [0.4, 0.5) is 0 Å². The lowest BCUT2D eigenvalue weighted by Gasteiger charge is -2.31. The van der Waals surface area contributed by atoms with Crippen molar-refractivity contribution in [3.05, 3.63) is 35.9 Å². The Morgan fingerprint density at radius 1 is 1.18 bits per heavy atom. The zero-order chi connectivity index (χ0) is 16.1. The molecule has 1 aliphatic rings. The fraction of sp³-hybridized carbons (Fsp3) is 0.647. The van der Waals surface area contributed by atoms with Crippen LogP contribution in [-0.2, 0) is 16.4 Å². The minimum atomic E-state index is -2.98. The number of benzene rings is 1. The Hall–Kier alpha value is -0.910. The Morgan fingerprint density at radius 2 is 1.82 bits per heavy atom.